The Morgan fingerprint density at radius 2 is 0.744 bits per heavy atom. The van der Waals surface area contributed by atoms with Crippen LogP contribution in [0.15, 0.2) is 271 Å². The Bertz CT molecular complexity index is 4320. The zero-order valence-corrected chi connectivity index (χ0v) is 44.8. The Hall–Kier alpha value is -9.44. The molecule has 0 atom stereocenters. The van der Waals surface area contributed by atoms with Crippen LogP contribution in [-0.2, 0) is 5.41 Å². The molecule has 3 nitrogen and oxygen atoms in total. The summed E-state index contributed by atoms with van der Waals surface area (Å²) in [5.41, 5.74) is 20.3. The fourth-order valence-corrected chi connectivity index (χ4v) is 11.4. The second kappa shape index (κ2) is 19.9. The van der Waals surface area contributed by atoms with Crippen LogP contribution in [0.3, 0.4) is 0 Å². The molecule has 0 aliphatic heterocycles. The van der Waals surface area contributed by atoms with Gasteiger partial charge in [-0.3, -0.25) is 0 Å². The zero-order chi connectivity index (χ0) is 52.9. The Morgan fingerprint density at radius 1 is 0.321 bits per heavy atom. The van der Waals surface area contributed by atoms with Gasteiger partial charge in [-0.1, -0.05) is 223 Å². The van der Waals surface area contributed by atoms with Crippen molar-refractivity contribution in [3.8, 4) is 44.5 Å². The molecule has 376 valence electrons. The van der Waals surface area contributed by atoms with E-state index in [0.29, 0.717) is 5.92 Å². The lowest BCUT2D eigenvalue weighted by atomic mass is 9.86. The summed E-state index contributed by atoms with van der Waals surface area (Å²) in [5.74, 6) is 0.455. The van der Waals surface area contributed by atoms with Crippen LogP contribution in [0.2, 0.25) is 0 Å². The minimum atomic E-state index is 0.0550. The van der Waals surface area contributed by atoms with E-state index in [-0.39, 0.29) is 5.41 Å². The van der Waals surface area contributed by atoms with Crippen molar-refractivity contribution in [3.63, 3.8) is 0 Å². The topological polar surface area (TPSA) is 19.6 Å². The fourth-order valence-electron chi connectivity index (χ4n) is 11.4. The van der Waals surface area contributed by atoms with E-state index in [9.17, 15) is 0 Å². The first-order chi connectivity index (χ1) is 38.1. The molecular formula is C75H60N2O. The second-order valence-corrected chi connectivity index (χ2v) is 22.0. The number of fused-ring (bicyclic) bond motifs is 5. The molecule has 78 heavy (non-hydrogen) atoms. The predicted octanol–water partition coefficient (Wildman–Crippen LogP) is 21.9. The van der Waals surface area contributed by atoms with Crippen LogP contribution in [0.4, 0.5) is 34.1 Å². The van der Waals surface area contributed by atoms with Gasteiger partial charge in [0, 0.05) is 44.5 Å². The van der Waals surface area contributed by atoms with E-state index >= 15 is 0 Å². The van der Waals surface area contributed by atoms with Crippen LogP contribution >= 0.6 is 0 Å². The summed E-state index contributed by atoms with van der Waals surface area (Å²) in [4.78, 5) is 4.84. The standard InChI is InChI=1S/C75H60N2O/c1-50(2)51-31-33-54(34-32-51)66-26-12-15-28-70(66)76(62-24-18-23-56(43-62)52-19-8-6-9-20-52)63-41-37-57-46-68-69-47-58-38-42-64(45-60(58)49-74(69)78-73(68)48-59(57)44-63)77(71-29-16-13-25-65(71)53-21-10-7-11-22-53)72-30-17-14-27-67(72)55-35-39-61(40-36-55)75(3,4)5/h6-50H,1-5H3. The van der Waals surface area contributed by atoms with E-state index < -0.39 is 0 Å². The van der Waals surface area contributed by atoms with Crippen molar-refractivity contribution in [1.29, 1.82) is 0 Å². The molecule has 0 fully saturated rings. The summed E-state index contributed by atoms with van der Waals surface area (Å²) in [7, 11) is 0. The van der Waals surface area contributed by atoms with Gasteiger partial charge in [-0.05, 0) is 151 Å². The Morgan fingerprint density at radius 3 is 1.26 bits per heavy atom. The molecular weight excluding hydrogens is 945 g/mol. The number of furan rings is 1. The van der Waals surface area contributed by atoms with Crippen LogP contribution in [0.25, 0.3) is 88.0 Å². The maximum Gasteiger partial charge on any atom is 0.136 e. The molecule has 0 unspecified atom stereocenters. The van der Waals surface area contributed by atoms with Gasteiger partial charge >= 0.3 is 0 Å². The van der Waals surface area contributed by atoms with Crippen LogP contribution in [-0.4, -0.2) is 0 Å². The number of hydrogen-bond acceptors (Lipinski definition) is 3. The molecule has 0 aliphatic rings. The number of hydrogen-bond donors (Lipinski definition) is 0. The number of benzene rings is 12. The monoisotopic (exact) mass is 1000 g/mol. The second-order valence-electron chi connectivity index (χ2n) is 22.0. The molecule has 0 saturated carbocycles. The van der Waals surface area contributed by atoms with E-state index in [1.165, 1.54) is 33.4 Å². The first-order valence-corrected chi connectivity index (χ1v) is 27.2. The number of anilines is 6. The van der Waals surface area contributed by atoms with E-state index in [0.717, 1.165) is 99.9 Å². The van der Waals surface area contributed by atoms with Gasteiger partial charge in [0.15, 0.2) is 0 Å². The first kappa shape index (κ1) is 48.2. The number of rotatable bonds is 11. The maximum absolute atomic E-state index is 6.94. The number of para-hydroxylation sites is 3. The van der Waals surface area contributed by atoms with Crippen LogP contribution < -0.4 is 9.80 Å². The van der Waals surface area contributed by atoms with Gasteiger partial charge in [-0.2, -0.15) is 0 Å². The molecule has 3 heteroatoms. The van der Waals surface area contributed by atoms with Crippen LogP contribution in [0.5, 0.6) is 0 Å². The number of nitrogens with zero attached hydrogens (tertiary/aromatic N) is 2. The molecule has 0 bridgehead atoms. The minimum absolute atomic E-state index is 0.0550. The average Bonchev–Trinajstić information content (AvgIpc) is 3.98. The third-order valence-corrected chi connectivity index (χ3v) is 15.6. The van der Waals surface area contributed by atoms with Crippen molar-refractivity contribution in [1.82, 2.24) is 0 Å². The van der Waals surface area contributed by atoms with Gasteiger partial charge < -0.3 is 14.2 Å². The molecule has 0 radical (unpaired) electrons. The Kier molecular flexibility index (Phi) is 12.3. The van der Waals surface area contributed by atoms with Crippen molar-refractivity contribution in [2.24, 2.45) is 0 Å². The van der Waals surface area contributed by atoms with Gasteiger partial charge in [0.2, 0.25) is 0 Å². The smallest absolute Gasteiger partial charge is 0.136 e. The molecule has 0 aliphatic carbocycles. The first-order valence-electron chi connectivity index (χ1n) is 27.2. The predicted molar refractivity (Wildman–Crippen MR) is 333 cm³/mol. The molecule has 0 saturated heterocycles. The normalized spacial score (nSPS) is 11.8. The summed E-state index contributed by atoms with van der Waals surface area (Å²) in [5, 5.41) is 6.71. The third kappa shape index (κ3) is 9.07. The summed E-state index contributed by atoms with van der Waals surface area (Å²) < 4.78 is 6.94. The molecule has 0 amide bonds. The Labute approximate surface area is 457 Å². The Balaban J connectivity index is 0.934. The molecule has 13 rings (SSSR count). The highest BCUT2D eigenvalue weighted by Crippen LogP contribution is 2.47. The maximum atomic E-state index is 6.94. The van der Waals surface area contributed by atoms with Gasteiger partial charge in [0.1, 0.15) is 11.2 Å². The summed E-state index contributed by atoms with van der Waals surface area (Å²) in [6.07, 6.45) is 0. The van der Waals surface area contributed by atoms with Gasteiger partial charge in [0.05, 0.1) is 17.1 Å². The molecule has 1 heterocycles. The molecule has 13 aromatic rings. The molecule has 0 spiro atoms. The van der Waals surface area contributed by atoms with Crippen LogP contribution in [0, 0.1) is 0 Å². The highest BCUT2D eigenvalue weighted by atomic mass is 16.3. The molecule has 12 aromatic carbocycles. The SMILES string of the molecule is CC(C)c1ccc(-c2ccccc2N(c2cccc(-c3ccccc3)c2)c2ccc3cc4c(cc3c2)oc2cc3cc(N(c5ccccc5-c5ccccc5)c5ccccc5-c5ccc(C(C)(C)C)cc5)ccc3cc24)cc1. The lowest BCUT2D eigenvalue weighted by Crippen LogP contribution is -2.13. The van der Waals surface area contributed by atoms with E-state index in [1.807, 2.05) is 0 Å². The highest BCUT2D eigenvalue weighted by Gasteiger charge is 2.23. The van der Waals surface area contributed by atoms with E-state index in [4.69, 9.17) is 4.42 Å². The third-order valence-electron chi connectivity index (χ3n) is 15.6. The van der Waals surface area contributed by atoms with Crippen molar-refractivity contribution in [2.75, 3.05) is 9.80 Å². The summed E-state index contributed by atoms with van der Waals surface area (Å²) in [6.45, 7) is 11.3. The largest absolute Gasteiger partial charge is 0.456 e. The van der Waals surface area contributed by atoms with E-state index in [1.54, 1.807) is 0 Å². The minimum Gasteiger partial charge on any atom is -0.456 e. The average molecular weight is 1010 g/mol. The van der Waals surface area contributed by atoms with Crippen molar-refractivity contribution < 1.29 is 4.42 Å². The molecule has 1 aromatic heterocycles. The van der Waals surface area contributed by atoms with Crippen LogP contribution in [0.1, 0.15) is 51.7 Å². The van der Waals surface area contributed by atoms with Gasteiger partial charge in [-0.25, -0.2) is 0 Å². The lowest BCUT2D eigenvalue weighted by molar-refractivity contribution is 0.590. The summed E-state index contributed by atoms with van der Waals surface area (Å²) in [6, 6.07) is 97.6. The fraction of sp³-hybridized carbons (Fsp3) is 0.0933. The van der Waals surface area contributed by atoms with E-state index in [2.05, 4.69) is 311 Å². The van der Waals surface area contributed by atoms with Crippen molar-refractivity contribution in [2.45, 2.75) is 46.0 Å². The van der Waals surface area contributed by atoms with Gasteiger partial charge in [0.25, 0.3) is 0 Å². The quantitative estimate of drug-likeness (QED) is 0.129. The highest BCUT2D eigenvalue weighted by molar-refractivity contribution is 6.14. The lowest BCUT2D eigenvalue weighted by Gasteiger charge is -2.30. The molecule has 0 N–H and O–H groups in total. The van der Waals surface area contributed by atoms with Gasteiger partial charge in [-0.15, -0.1) is 0 Å². The van der Waals surface area contributed by atoms with Crippen molar-refractivity contribution in [3.05, 3.63) is 278 Å². The van der Waals surface area contributed by atoms with Crippen molar-refractivity contribution >= 4 is 77.6 Å². The summed E-state index contributed by atoms with van der Waals surface area (Å²) >= 11 is 0. The zero-order valence-electron chi connectivity index (χ0n) is 44.8.